The second-order valence-corrected chi connectivity index (χ2v) is 36.0. The highest BCUT2D eigenvalue weighted by atomic mass is 15.2. The minimum atomic E-state index is -0.703. The molecule has 0 fully saturated rings. The van der Waals surface area contributed by atoms with Gasteiger partial charge in [0.1, 0.15) is 0 Å². The molecule has 6 heteroatoms. The highest BCUT2D eigenvalue weighted by Crippen LogP contribution is 2.56. The lowest BCUT2D eigenvalue weighted by atomic mass is 9.33. The summed E-state index contributed by atoms with van der Waals surface area (Å²) in [4.78, 5) is 4.94. The number of rotatable bonds is 10. The Morgan fingerprint density at radius 3 is 0.932 bits per heavy atom. The van der Waals surface area contributed by atoms with E-state index in [0.717, 1.165) is 150 Å². The first-order chi connectivity index (χ1) is 62.1. The van der Waals surface area contributed by atoms with Crippen LogP contribution >= 0.6 is 0 Å². The molecule has 2 aliphatic heterocycles. The van der Waals surface area contributed by atoms with Gasteiger partial charge >= 0.3 is 0 Å². The molecule has 16 aromatic carbocycles. The van der Waals surface area contributed by atoms with Crippen molar-refractivity contribution in [1.29, 1.82) is 0 Å². The van der Waals surface area contributed by atoms with Crippen LogP contribution in [-0.4, -0.2) is 20.4 Å². The summed E-state index contributed by atoms with van der Waals surface area (Å²) in [5.74, 6) is 0. The Labute approximate surface area is 709 Å². The summed E-state index contributed by atoms with van der Waals surface area (Å²) in [6, 6.07) is 94.3. The molecule has 0 unspecified atom stereocenters. The minimum absolute atomic E-state index is 0.0110. The summed E-state index contributed by atoms with van der Waals surface area (Å²) >= 11 is 0. The Balaban J connectivity index is 0.981. The Morgan fingerprint density at radius 2 is 0.542 bits per heavy atom. The van der Waals surface area contributed by atoms with Gasteiger partial charge in [-0.05, 0) is 203 Å². The smallest absolute Gasteiger partial charge is 0.252 e. The van der Waals surface area contributed by atoms with Crippen LogP contribution in [-0.2, 0) is 21.7 Å². The number of fused-ring (bicyclic) bond motifs is 13. The van der Waals surface area contributed by atoms with E-state index >= 15 is 0 Å². The molecule has 0 aliphatic carbocycles. The maximum Gasteiger partial charge on any atom is 0.252 e. The van der Waals surface area contributed by atoms with Crippen LogP contribution in [0, 0.1) is 0 Å². The van der Waals surface area contributed by atoms with E-state index in [1.165, 1.54) is 0 Å². The van der Waals surface area contributed by atoms with Crippen molar-refractivity contribution in [2.45, 2.75) is 105 Å². The lowest BCUT2D eigenvalue weighted by molar-refractivity contribution is 0.569. The molecule has 0 atom stereocenters. The second kappa shape index (κ2) is 27.1. The van der Waals surface area contributed by atoms with Crippen molar-refractivity contribution < 1.29 is 16.4 Å². The number of benzene rings is 16. The van der Waals surface area contributed by atoms with Crippen LogP contribution in [0.4, 0.5) is 34.1 Å². The maximum atomic E-state index is 10.3. The lowest BCUT2D eigenvalue weighted by Gasteiger charge is -2.46. The molecule has 0 saturated heterocycles. The average Bonchev–Trinajstić information content (AvgIpc) is 1.43. The summed E-state index contributed by atoms with van der Waals surface area (Å²) in [6.07, 6.45) is 0. The number of aromatic nitrogens is 3. The molecule has 21 rings (SSSR count). The van der Waals surface area contributed by atoms with Crippen LogP contribution in [0.3, 0.4) is 0 Å². The summed E-state index contributed by atoms with van der Waals surface area (Å²) in [6.45, 7) is 26.4. The Morgan fingerprint density at radius 1 is 0.237 bits per heavy atom. The summed E-state index contributed by atoms with van der Waals surface area (Å²) in [7, 11) is 0. The van der Waals surface area contributed by atoms with Gasteiger partial charge in [0.15, 0.2) is 0 Å². The van der Waals surface area contributed by atoms with Crippen molar-refractivity contribution in [2.75, 3.05) is 9.80 Å². The Kier molecular flexibility index (Phi) is 13.8. The minimum Gasteiger partial charge on any atom is -0.310 e. The van der Waals surface area contributed by atoms with E-state index in [0.29, 0.717) is 38.9 Å². The van der Waals surface area contributed by atoms with Crippen LogP contribution in [0.15, 0.2) is 352 Å². The SMILES string of the molecule is [2H]c1c([2H])c([2H])c2c(c1[2H])c1cc(-n3c4ccccc4c4ccccc43)ccc1n2-c1ccc2c(c1)N(c1c(-c3ccccc3)cc(C(C)(C)C)cc1-c1ccccc1)c1cc(-c3cc(C(C)(C)C)cc(C(C)(C)C)c3)cc3c1B2c1ccc(-n2c4c([2H])c([2H])c([2H])c([2H])c4c4c([2H])c([2H])c([2H])c([2H])c42)cc1N3c1c(-c2ccccc2)cc(C(C)(C)C)cc1-c1ccccc1. The number of hydrogen-bond acceptors (Lipinski definition) is 2. The number of hydrogen-bond donors (Lipinski definition) is 0. The standard InChI is InChI=1S/C112H94BN5/c1-109(2,3)77-59-75(60-78(63-77)110(4,5)6)76-61-104-106-105(62-76)118(108-91(73-39-21-15-22-40-73)66-80(112(10,11)12)67-92(108)74-41-23-16-24-42-74)103-70-83(116-100-52-34-29-47-88(100)93-68-81(55-58-101(93)116)114-96-48-30-25-43-84(96)85-44-26-31-49-97(85)114)54-57-95(103)113(106)94-56-53-82(115-98-50-32-27-45-86(98)87-46-28-33-51-99(87)115)69-102(94)117(104)107-89(71-35-17-13-18-36-71)64-79(111(7,8)9)65-90(107)72-37-19-14-20-38-72/h13-70H,1-12H3/i27D,28D,29D,32D,33D,34D,45D,46D,47D,50D,51D,52D. The van der Waals surface area contributed by atoms with Crippen molar-refractivity contribution in [3.63, 3.8) is 0 Å². The average molecular weight is 1530 g/mol. The quantitative estimate of drug-likeness (QED) is 0.127. The fourth-order valence-corrected chi connectivity index (χ4v) is 18.5. The van der Waals surface area contributed by atoms with Gasteiger partial charge in [-0.15, -0.1) is 0 Å². The highest BCUT2D eigenvalue weighted by Gasteiger charge is 2.47. The topological polar surface area (TPSA) is 21.3 Å². The van der Waals surface area contributed by atoms with Crippen molar-refractivity contribution in [3.05, 3.63) is 374 Å². The van der Waals surface area contributed by atoms with E-state index in [1.807, 2.05) is 34.9 Å². The second-order valence-electron chi connectivity index (χ2n) is 36.0. The molecule has 0 N–H and O–H groups in total. The van der Waals surface area contributed by atoms with Crippen LogP contribution in [0.1, 0.15) is 122 Å². The van der Waals surface area contributed by atoms with Gasteiger partial charge in [0.05, 0.1) is 60.9 Å². The van der Waals surface area contributed by atoms with Gasteiger partial charge in [0.25, 0.3) is 6.71 Å². The summed E-state index contributed by atoms with van der Waals surface area (Å²) in [5, 5.41) is 3.07. The van der Waals surface area contributed by atoms with Crippen LogP contribution in [0.2, 0.25) is 0 Å². The first-order valence-corrected chi connectivity index (χ1v) is 40.9. The molecule has 0 bridgehead atoms. The molecule has 2 aliphatic rings. The van der Waals surface area contributed by atoms with Crippen LogP contribution in [0.5, 0.6) is 0 Å². The molecule has 19 aromatic rings. The number of para-hydroxylation sites is 5. The molecular weight excluding hydrogens is 1430 g/mol. The van der Waals surface area contributed by atoms with Crippen molar-refractivity contribution >= 4 is 123 Å². The van der Waals surface area contributed by atoms with E-state index in [9.17, 15) is 16.4 Å². The van der Waals surface area contributed by atoms with E-state index in [2.05, 4.69) is 346 Å². The predicted octanol–water partition coefficient (Wildman–Crippen LogP) is 28.6. The molecule has 0 spiro atoms. The van der Waals surface area contributed by atoms with Crippen molar-refractivity contribution in [2.24, 2.45) is 0 Å². The highest BCUT2D eigenvalue weighted by molar-refractivity contribution is 7.00. The van der Waals surface area contributed by atoms with Crippen LogP contribution < -0.4 is 26.2 Å². The molecule has 3 aromatic heterocycles. The van der Waals surface area contributed by atoms with Crippen molar-refractivity contribution in [3.8, 4) is 72.7 Å². The van der Waals surface area contributed by atoms with Crippen molar-refractivity contribution in [1.82, 2.24) is 13.7 Å². The van der Waals surface area contributed by atoms with Gasteiger partial charge in [-0.3, -0.25) is 0 Å². The van der Waals surface area contributed by atoms with E-state index in [4.69, 9.17) is 0 Å². The third-order valence-corrected chi connectivity index (χ3v) is 24.5. The Hall–Kier alpha value is -13.4. The maximum absolute atomic E-state index is 10.3. The molecule has 5 heterocycles. The van der Waals surface area contributed by atoms with Gasteiger partial charge in [-0.2, -0.15) is 0 Å². The van der Waals surface area contributed by atoms with Gasteiger partial charge in [-0.25, -0.2) is 0 Å². The Bertz CT molecular complexity index is 7760. The van der Waals surface area contributed by atoms with Gasteiger partial charge in [0.2, 0.25) is 0 Å². The lowest BCUT2D eigenvalue weighted by Crippen LogP contribution is -2.61. The molecule has 0 radical (unpaired) electrons. The van der Waals surface area contributed by atoms with E-state index in [-0.39, 0.29) is 62.2 Å². The third-order valence-electron chi connectivity index (χ3n) is 24.5. The number of nitrogens with zero attached hydrogens (tertiary/aromatic N) is 5. The normalized spacial score (nSPS) is 14.5. The molecule has 5 nitrogen and oxygen atoms in total. The largest absolute Gasteiger partial charge is 0.310 e. The fourth-order valence-electron chi connectivity index (χ4n) is 18.5. The van der Waals surface area contributed by atoms with Crippen LogP contribution in [0.25, 0.3) is 138 Å². The molecule has 0 saturated carbocycles. The van der Waals surface area contributed by atoms with Gasteiger partial charge in [0, 0.05) is 94.4 Å². The molecule has 118 heavy (non-hydrogen) atoms. The first kappa shape index (κ1) is 60.2. The molecular formula is C112H94BN5. The fraction of sp³-hybridized carbons (Fsp3) is 0.143. The van der Waals surface area contributed by atoms with E-state index in [1.54, 1.807) is 4.57 Å². The van der Waals surface area contributed by atoms with E-state index < -0.39 is 60.5 Å². The monoisotopic (exact) mass is 1530 g/mol. The van der Waals surface area contributed by atoms with Gasteiger partial charge in [-0.1, -0.05) is 326 Å². The predicted molar refractivity (Wildman–Crippen MR) is 505 cm³/mol. The first-order valence-electron chi connectivity index (χ1n) is 46.9. The third kappa shape index (κ3) is 11.7. The summed E-state index contributed by atoms with van der Waals surface area (Å²) < 4.78 is 123. The zero-order chi connectivity index (χ0) is 90.9. The zero-order valence-electron chi connectivity index (χ0n) is 80.4. The molecule has 570 valence electrons. The molecule has 0 amide bonds. The summed E-state index contributed by atoms with van der Waals surface area (Å²) in [5.41, 5.74) is 24.4. The van der Waals surface area contributed by atoms with Gasteiger partial charge < -0.3 is 23.5 Å². The zero-order valence-corrected chi connectivity index (χ0v) is 68.4. The number of anilines is 6.